The maximum absolute atomic E-state index is 12.5. The number of ether oxygens (including phenoxy) is 1. The fourth-order valence-corrected chi connectivity index (χ4v) is 1.92. The zero-order chi connectivity index (χ0) is 18.6. The van der Waals surface area contributed by atoms with E-state index in [1.54, 1.807) is 0 Å². The third-order valence-electron chi connectivity index (χ3n) is 2.88. The summed E-state index contributed by atoms with van der Waals surface area (Å²) in [5, 5.41) is 11.2. The Bertz CT molecular complexity index is 812. The largest absolute Gasteiger partial charge is 0.507 e. The normalized spacial score (nSPS) is 11.0. The van der Waals surface area contributed by atoms with Gasteiger partial charge in [-0.15, -0.1) is 0 Å². The second-order valence-corrected chi connectivity index (χ2v) is 5.10. The van der Waals surface area contributed by atoms with E-state index in [9.17, 15) is 27.9 Å². The Morgan fingerprint density at radius 1 is 1.28 bits per heavy atom. The Morgan fingerprint density at radius 3 is 2.56 bits per heavy atom. The predicted octanol–water partition coefficient (Wildman–Crippen LogP) is 3.25. The van der Waals surface area contributed by atoms with Gasteiger partial charge in [-0.1, -0.05) is 23.7 Å². The number of nitrogens with one attached hydrogen (secondary N) is 1. The summed E-state index contributed by atoms with van der Waals surface area (Å²) in [6.07, 6.45) is -4.11. The van der Waals surface area contributed by atoms with Crippen molar-refractivity contribution >= 4 is 29.3 Å². The van der Waals surface area contributed by atoms with Crippen LogP contribution in [0.4, 0.5) is 19.0 Å². The van der Waals surface area contributed by atoms with Gasteiger partial charge in [0.2, 0.25) is 0 Å². The third-order valence-corrected chi connectivity index (χ3v) is 3.17. The number of hydrogen-bond acceptors (Lipinski definition) is 5. The van der Waals surface area contributed by atoms with Crippen molar-refractivity contribution in [3.05, 3.63) is 52.7 Å². The van der Waals surface area contributed by atoms with Crippen LogP contribution in [0.5, 0.6) is 5.75 Å². The van der Waals surface area contributed by atoms with E-state index in [0.717, 1.165) is 0 Å². The number of amides is 1. The monoisotopic (exact) mass is 374 g/mol. The van der Waals surface area contributed by atoms with E-state index in [0.29, 0.717) is 12.3 Å². The highest BCUT2D eigenvalue weighted by atomic mass is 35.5. The van der Waals surface area contributed by atoms with E-state index in [-0.39, 0.29) is 17.1 Å². The number of phenolic OH excluding ortho intramolecular Hbond substituents is 1. The van der Waals surface area contributed by atoms with Crippen LogP contribution >= 0.6 is 11.6 Å². The summed E-state index contributed by atoms with van der Waals surface area (Å²) in [7, 11) is 0. The van der Waals surface area contributed by atoms with E-state index in [1.165, 1.54) is 24.3 Å². The summed E-state index contributed by atoms with van der Waals surface area (Å²) >= 11 is 5.64. The molecular weight excluding hydrogens is 365 g/mol. The lowest BCUT2D eigenvalue weighted by Crippen LogP contribution is -2.22. The van der Waals surface area contributed by atoms with Crippen LogP contribution in [0.25, 0.3) is 0 Å². The molecular formula is C15H10ClF3N2O4. The van der Waals surface area contributed by atoms with Crippen LogP contribution in [0, 0.1) is 0 Å². The highest BCUT2D eigenvalue weighted by Gasteiger charge is 2.31. The van der Waals surface area contributed by atoms with Gasteiger partial charge in [0, 0.05) is 6.20 Å². The summed E-state index contributed by atoms with van der Waals surface area (Å²) in [5.74, 6) is -2.43. The van der Waals surface area contributed by atoms with Gasteiger partial charge in [0.15, 0.2) is 12.4 Å². The van der Waals surface area contributed by atoms with Crippen molar-refractivity contribution in [3.8, 4) is 5.75 Å². The number of alkyl halides is 3. The van der Waals surface area contributed by atoms with Gasteiger partial charge in [-0.25, -0.2) is 9.78 Å². The molecule has 1 amide bonds. The van der Waals surface area contributed by atoms with Crippen LogP contribution in [0.15, 0.2) is 36.5 Å². The molecule has 0 aliphatic heterocycles. The molecule has 0 atom stereocenters. The highest BCUT2D eigenvalue weighted by molar-refractivity contribution is 6.33. The van der Waals surface area contributed by atoms with Crippen LogP contribution in [-0.4, -0.2) is 28.6 Å². The van der Waals surface area contributed by atoms with Gasteiger partial charge in [-0.05, 0) is 18.2 Å². The summed E-state index contributed by atoms with van der Waals surface area (Å²) < 4.78 is 42.2. The Labute approximate surface area is 144 Å². The molecule has 0 aliphatic carbocycles. The first-order valence-electron chi connectivity index (χ1n) is 6.66. The maximum Gasteiger partial charge on any atom is 0.417 e. The average molecular weight is 375 g/mol. The van der Waals surface area contributed by atoms with Crippen molar-refractivity contribution in [1.82, 2.24) is 4.98 Å². The molecule has 2 aromatic rings. The molecule has 1 aromatic heterocycles. The van der Waals surface area contributed by atoms with E-state index in [2.05, 4.69) is 10.3 Å². The molecule has 132 valence electrons. The number of halogens is 4. The number of aromatic hydroxyl groups is 1. The number of esters is 1. The number of carbonyl (C=O) groups is 2. The average Bonchev–Trinajstić information content (AvgIpc) is 2.54. The van der Waals surface area contributed by atoms with Gasteiger partial charge in [-0.3, -0.25) is 4.79 Å². The number of para-hydroxylation sites is 1. The first-order valence-corrected chi connectivity index (χ1v) is 7.04. The van der Waals surface area contributed by atoms with Gasteiger partial charge in [0.1, 0.15) is 11.3 Å². The Balaban J connectivity index is 1.97. The first-order chi connectivity index (χ1) is 11.7. The minimum Gasteiger partial charge on any atom is -0.507 e. The molecule has 10 heteroatoms. The van der Waals surface area contributed by atoms with Gasteiger partial charge in [0.25, 0.3) is 5.91 Å². The Morgan fingerprint density at radius 2 is 1.96 bits per heavy atom. The van der Waals surface area contributed by atoms with Crippen molar-refractivity contribution in [1.29, 1.82) is 0 Å². The SMILES string of the molecule is O=C(COC(=O)c1ccccc1O)Nc1ncc(C(F)(F)F)cc1Cl. The lowest BCUT2D eigenvalue weighted by atomic mass is 10.2. The molecule has 1 heterocycles. The fourth-order valence-electron chi connectivity index (χ4n) is 1.71. The number of nitrogens with zero attached hydrogens (tertiary/aromatic N) is 1. The molecule has 0 aliphatic rings. The molecule has 0 saturated carbocycles. The Hall–Kier alpha value is -2.81. The van der Waals surface area contributed by atoms with Crippen LogP contribution in [0.3, 0.4) is 0 Å². The van der Waals surface area contributed by atoms with E-state index in [4.69, 9.17) is 16.3 Å². The minimum atomic E-state index is -4.62. The molecule has 0 radical (unpaired) electrons. The zero-order valence-corrected chi connectivity index (χ0v) is 13.1. The Kier molecular flexibility index (Phi) is 5.48. The van der Waals surface area contributed by atoms with Gasteiger partial charge < -0.3 is 15.2 Å². The third kappa shape index (κ3) is 4.83. The molecule has 2 N–H and O–H groups in total. The highest BCUT2D eigenvalue weighted by Crippen LogP contribution is 2.32. The van der Waals surface area contributed by atoms with E-state index < -0.39 is 35.2 Å². The molecule has 6 nitrogen and oxygen atoms in total. The summed E-state index contributed by atoms with van der Waals surface area (Å²) in [4.78, 5) is 26.8. The molecule has 0 bridgehead atoms. The summed E-state index contributed by atoms with van der Waals surface area (Å²) in [6, 6.07) is 6.16. The standard InChI is InChI=1S/C15H10ClF3N2O4/c16-10-5-8(15(17,18)19)6-20-13(10)21-12(23)7-25-14(24)9-3-1-2-4-11(9)22/h1-6,22H,7H2,(H,20,21,23). The molecule has 0 saturated heterocycles. The summed E-state index contributed by atoms with van der Waals surface area (Å²) in [5.41, 5.74) is -1.21. The van der Waals surface area contributed by atoms with Crippen molar-refractivity contribution in [2.24, 2.45) is 0 Å². The molecule has 1 aromatic carbocycles. The van der Waals surface area contributed by atoms with Crippen molar-refractivity contribution < 1.29 is 32.6 Å². The molecule has 25 heavy (non-hydrogen) atoms. The number of phenols is 1. The predicted molar refractivity (Wildman–Crippen MR) is 81.3 cm³/mol. The van der Waals surface area contributed by atoms with E-state index >= 15 is 0 Å². The van der Waals surface area contributed by atoms with Crippen molar-refractivity contribution in [2.45, 2.75) is 6.18 Å². The second-order valence-electron chi connectivity index (χ2n) is 4.69. The zero-order valence-electron chi connectivity index (χ0n) is 12.3. The number of anilines is 1. The molecule has 2 rings (SSSR count). The van der Waals surface area contributed by atoms with Crippen LogP contribution in [0.1, 0.15) is 15.9 Å². The van der Waals surface area contributed by atoms with Crippen LogP contribution in [-0.2, 0) is 15.7 Å². The van der Waals surface area contributed by atoms with Gasteiger partial charge in [0.05, 0.1) is 10.6 Å². The maximum atomic E-state index is 12.5. The second kappa shape index (κ2) is 7.39. The quantitative estimate of drug-likeness (QED) is 0.802. The molecule has 0 spiro atoms. The fraction of sp³-hybridized carbons (Fsp3) is 0.133. The lowest BCUT2D eigenvalue weighted by Gasteiger charge is -2.10. The number of hydrogen-bond donors (Lipinski definition) is 2. The van der Waals surface area contributed by atoms with Crippen LogP contribution < -0.4 is 5.32 Å². The van der Waals surface area contributed by atoms with Gasteiger partial charge >= 0.3 is 12.1 Å². The smallest absolute Gasteiger partial charge is 0.417 e. The summed E-state index contributed by atoms with van der Waals surface area (Å²) in [6.45, 7) is -0.744. The van der Waals surface area contributed by atoms with Crippen molar-refractivity contribution in [3.63, 3.8) is 0 Å². The number of benzene rings is 1. The van der Waals surface area contributed by atoms with Crippen LogP contribution in [0.2, 0.25) is 5.02 Å². The lowest BCUT2D eigenvalue weighted by molar-refractivity contribution is -0.137. The van der Waals surface area contributed by atoms with E-state index in [1.807, 2.05) is 0 Å². The molecule has 0 fully saturated rings. The van der Waals surface area contributed by atoms with Crippen molar-refractivity contribution in [2.75, 3.05) is 11.9 Å². The minimum absolute atomic E-state index is 0.138. The first kappa shape index (κ1) is 18.5. The number of pyridine rings is 1. The molecule has 0 unspecified atom stereocenters. The number of carbonyl (C=O) groups excluding carboxylic acids is 2. The number of rotatable bonds is 4. The van der Waals surface area contributed by atoms with Gasteiger partial charge in [-0.2, -0.15) is 13.2 Å². The topological polar surface area (TPSA) is 88.5 Å². The number of aromatic nitrogens is 1.